The summed E-state index contributed by atoms with van der Waals surface area (Å²) in [5.74, 6) is 0.0565. The molecule has 1 heterocycles. The molecule has 0 unspecified atom stereocenters. The molecule has 0 saturated carbocycles. The smallest absolute Gasteiger partial charge is 0.312 e. The van der Waals surface area contributed by atoms with Crippen LogP contribution in [-0.4, -0.2) is 56.0 Å². The van der Waals surface area contributed by atoms with Crippen molar-refractivity contribution in [2.45, 2.75) is 0 Å². The van der Waals surface area contributed by atoms with Gasteiger partial charge >= 0.3 is 6.03 Å². The van der Waals surface area contributed by atoms with Crippen LogP contribution < -0.4 is 20.7 Å². The van der Waals surface area contributed by atoms with Crippen LogP contribution in [0.3, 0.4) is 0 Å². The summed E-state index contributed by atoms with van der Waals surface area (Å²) in [6, 6.07) is 6.44. The molecule has 8 nitrogen and oxygen atoms in total. The number of anilines is 1. The van der Waals surface area contributed by atoms with Gasteiger partial charge in [0.25, 0.3) is 0 Å². The second-order valence-electron chi connectivity index (χ2n) is 4.75. The van der Waals surface area contributed by atoms with Crippen LogP contribution in [0.5, 0.6) is 5.75 Å². The monoisotopic (exact) mass is 306 g/mol. The van der Waals surface area contributed by atoms with E-state index in [0.717, 1.165) is 0 Å². The van der Waals surface area contributed by atoms with E-state index in [1.807, 2.05) is 12.1 Å². The number of amides is 4. The molecule has 118 valence electrons. The van der Waals surface area contributed by atoms with E-state index in [1.165, 1.54) is 4.90 Å². The number of urea groups is 1. The van der Waals surface area contributed by atoms with Gasteiger partial charge in [-0.05, 0) is 12.1 Å². The van der Waals surface area contributed by atoms with E-state index < -0.39 is 6.03 Å². The molecule has 0 radical (unpaired) electrons. The standard InChI is InChI=1S/C14H18N4O4/c1-22-11-5-3-2-4-10(11)18-7-6-17(9-13(18)20)12(19)8-16-14(15)21/h2-5H,6-9H2,1H3,(H3,15,16,21). The molecule has 1 aliphatic heterocycles. The van der Waals surface area contributed by atoms with Crippen molar-refractivity contribution < 1.29 is 19.1 Å². The van der Waals surface area contributed by atoms with E-state index in [4.69, 9.17) is 10.5 Å². The topological polar surface area (TPSA) is 105 Å². The predicted octanol–water partition coefficient (Wildman–Crippen LogP) is -0.461. The van der Waals surface area contributed by atoms with Crippen LogP contribution in [0.4, 0.5) is 10.5 Å². The van der Waals surface area contributed by atoms with Crippen LogP contribution in [0.25, 0.3) is 0 Å². The van der Waals surface area contributed by atoms with Crippen LogP contribution >= 0.6 is 0 Å². The molecule has 0 spiro atoms. The largest absolute Gasteiger partial charge is 0.495 e. The summed E-state index contributed by atoms with van der Waals surface area (Å²) in [6.45, 7) is 0.485. The Hall–Kier alpha value is -2.77. The lowest BCUT2D eigenvalue weighted by Gasteiger charge is -2.34. The third kappa shape index (κ3) is 3.46. The first-order chi connectivity index (χ1) is 10.5. The Labute approximate surface area is 127 Å². The van der Waals surface area contributed by atoms with Crippen molar-refractivity contribution in [2.24, 2.45) is 5.73 Å². The fraction of sp³-hybridized carbons (Fsp3) is 0.357. The number of para-hydroxylation sites is 2. The normalized spacial score (nSPS) is 14.7. The summed E-state index contributed by atoms with van der Waals surface area (Å²) in [7, 11) is 1.54. The molecule has 1 saturated heterocycles. The maximum absolute atomic E-state index is 12.3. The number of nitrogens with two attached hydrogens (primary N) is 1. The molecule has 22 heavy (non-hydrogen) atoms. The first-order valence-corrected chi connectivity index (χ1v) is 6.77. The van der Waals surface area contributed by atoms with Crippen molar-refractivity contribution in [3.63, 3.8) is 0 Å². The minimum absolute atomic E-state index is 0.0443. The van der Waals surface area contributed by atoms with Crippen molar-refractivity contribution in [3.8, 4) is 5.75 Å². The van der Waals surface area contributed by atoms with Crippen LogP contribution in [-0.2, 0) is 9.59 Å². The zero-order valence-electron chi connectivity index (χ0n) is 12.2. The molecule has 1 aromatic rings. The van der Waals surface area contributed by atoms with Crippen molar-refractivity contribution in [1.29, 1.82) is 0 Å². The fourth-order valence-electron chi connectivity index (χ4n) is 2.27. The molecule has 1 aliphatic rings. The van der Waals surface area contributed by atoms with Crippen LogP contribution in [0, 0.1) is 0 Å². The Bertz CT molecular complexity index is 590. The molecule has 0 aromatic heterocycles. The number of hydrogen-bond donors (Lipinski definition) is 2. The van der Waals surface area contributed by atoms with E-state index in [0.29, 0.717) is 24.5 Å². The molecule has 0 atom stereocenters. The van der Waals surface area contributed by atoms with Gasteiger partial charge in [0.15, 0.2) is 0 Å². The third-order valence-corrected chi connectivity index (χ3v) is 3.36. The molecule has 1 fully saturated rings. The molecule has 0 aliphatic carbocycles. The average molecular weight is 306 g/mol. The minimum atomic E-state index is -0.771. The quantitative estimate of drug-likeness (QED) is 0.785. The molecular formula is C14H18N4O4. The number of carbonyl (C=O) groups excluding carboxylic acids is 3. The molecule has 4 amide bonds. The molecule has 2 rings (SSSR count). The lowest BCUT2D eigenvalue weighted by molar-refractivity contribution is -0.136. The Balaban J connectivity index is 2.02. The number of nitrogens with one attached hydrogen (secondary N) is 1. The number of nitrogens with zero attached hydrogens (tertiary/aromatic N) is 2. The summed E-state index contributed by atoms with van der Waals surface area (Å²) in [4.78, 5) is 37.7. The van der Waals surface area contributed by atoms with Gasteiger partial charge in [-0.1, -0.05) is 12.1 Å². The summed E-state index contributed by atoms with van der Waals surface area (Å²) < 4.78 is 5.25. The number of primary amides is 1. The molecule has 0 bridgehead atoms. The maximum Gasteiger partial charge on any atom is 0.312 e. The number of ether oxygens (including phenoxy) is 1. The van der Waals surface area contributed by atoms with E-state index in [9.17, 15) is 14.4 Å². The van der Waals surface area contributed by atoms with Gasteiger partial charge in [0.2, 0.25) is 11.8 Å². The van der Waals surface area contributed by atoms with E-state index in [1.54, 1.807) is 24.1 Å². The Morgan fingerprint density at radius 2 is 2.05 bits per heavy atom. The van der Waals surface area contributed by atoms with E-state index in [-0.39, 0.29) is 24.9 Å². The summed E-state index contributed by atoms with van der Waals surface area (Å²) in [5, 5.41) is 2.22. The fourth-order valence-corrected chi connectivity index (χ4v) is 2.27. The first-order valence-electron chi connectivity index (χ1n) is 6.77. The second kappa shape index (κ2) is 6.79. The van der Waals surface area contributed by atoms with E-state index in [2.05, 4.69) is 5.32 Å². The Morgan fingerprint density at radius 1 is 1.32 bits per heavy atom. The number of carbonyl (C=O) groups is 3. The van der Waals surface area contributed by atoms with Crippen LogP contribution in [0.2, 0.25) is 0 Å². The Morgan fingerprint density at radius 3 is 2.68 bits per heavy atom. The molecule has 8 heteroatoms. The first kappa shape index (κ1) is 15.6. The van der Waals surface area contributed by atoms with Crippen LogP contribution in [0.1, 0.15) is 0 Å². The minimum Gasteiger partial charge on any atom is -0.495 e. The number of methoxy groups -OCH3 is 1. The highest BCUT2D eigenvalue weighted by Crippen LogP contribution is 2.28. The van der Waals surface area contributed by atoms with Crippen molar-refractivity contribution in [3.05, 3.63) is 24.3 Å². The van der Waals surface area contributed by atoms with Gasteiger partial charge in [-0.2, -0.15) is 0 Å². The maximum atomic E-state index is 12.3. The van der Waals surface area contributed by atoms with Gasteiger partial charge < -0.3 is 25.6 Å². The number of piperazine rings is 1. The van der Waals surface area contributed by atoms with Gasteiger partial charge in [-0.3, -0.25) is 9.59 Å². The van der Waals surface area contributed by atoms with Crippen molar-refractivity contribution in [2.75, 3.05) is 38.2 Å². The molecule has 1 aromatic carbocycles. The summed E-state index contributed by atoms with van der Waals surface area (Å²) >= 11 is 0. The molecular weight excluding hydrogens is 288 g/mol. The average Bonchev–Trinajstić information content (AvgIpc) is 2.52. The van der Waals surface area contributed by atoms with Crippen molar-refractivity contribution >= 4 is 23.5 Å². The zero-order valence-corrected chi connectivity index (χ0v) is 12.2. The van der Waals surface area contributed by atoms with Gasteiger partial charge in [0.05, 0.1) is 19.3 Å². The highest BCUT2D eigenvalue weighted by Gasteiger charge is 2.29. The SMILES string of the molecule is COc1ccccc1N1CCN(C(=O)CNC(N)=O)CC1=O. The second-order valence-corrected chi connectivity index (χ2v) is 4.75. The Kier molecular flexibility index (Phi) is 4.82. The van der Waals surface area contributed by atoms with Crippen LogP contribution in [0.15, 0.2) is 24.3 Å². The van der Waals surface area contributed by atoms with Gasteiger partial charge in [-0.25, -0.2) is 4.79 Å². The summed E-state index contributed by atoms with van der Waals surface area (Å²) in [5.41, 5.74) is 5.60. The predicted molar refractivity (Wildman–Crippen MR) is 79.5 cm³/mol. The van der Waals surface area contributed by atoms with Gasteiger partial charge in [-0.15, -0.1) is 0 Å². The number of rotatable bonds is 4. The highest BCUT2D eigenvalue weighted by atomic mass is 16.5. The molecule has 3 N–H and O–H groups in total. The lowest BCUT2D eigenvalue weighted by Crippen LogP contribution is -2.54. The third-order valence-electron chi connectivity index (χ3n) is 3.36. The van der Waals surface area contributed by atoms with Crippen molar-refractivity contribution in [1.82, 2.24) is 10.2 Å². The van der Waals surface area contributed by atoms with Gasteiger partial charge in [0.1, 0.15) is 12.3 Å². The highest BCUT2D eigenvalue weighted by molar-refractivity contribution is 5.99. The van der Waals surface area contributed by atoms with Gasteiger partial charge in [0, 0.05) is 13.1 Å². The van der Waals surface area contributed by atoms with E-state index >= 15 is 0 Å². The summed E-state index contributed by atoms with van der Waals surface area (Å²) in [6.07, 6.45) is 0. The number of hydrogen-bond acceptors (Lipinski definition) is 4. The zero-order chi connectivity index (χ0) is 16.1. The lowest BCUT2D eigenvalue weighted by atomic mass is 10.2. The number of benzene rings is 1.